The average Bonchev–Trinajstić information content (AvgIpc) is 3.46. The number of amides is 2. The molecule has 2 aliphatic rings. The third-order valence-electron chi connectivity index (χ3n) is 5.91. The normalized spacial score (nSPS) is 26.7. The van der Waals surface area contributed by atoms with Crippen molar-refractivity contribution in [1.29, 1.82) is 0 Å². The van der Waals surface area contributed by atoms with E-state index in [1.165, 1.54) is 0 Å². The van der Waals surface area contributed by atoms with Crippen LogP contribution in [-0.2, 0) is 28.5 Å². The van der Waals surface area contributed by atoms with E-state index in [0.717, 1.165) is 4.42 Å². The van der Waals surface area contributed by atoms with E-state index in [1.807, 2.05) is 0 Å². The molecule has 2 amide bonds. The van der Waals surface area contributed by atoms with Gasteiger partial charge < -0.3 is 24.3 Å². The standard InChI is InChI=1S/C24H31ClN2O8/c1-6-32-19(28)17-16-15(34-22(31)27(25)14-11-9-8-10-12-14)13-24(18(16)17,20(29)33-7-2)26-21(30)35-23(3,4)5/h8-12,15-18H,6-7,13H2,1-5H3,(H,26,30)/t15?,16?,17-,18?,24?/m0/s1. The minimum Gasteiger partial charge on any atom is -0.466 e. The van der Waals surface area contributed by atoms with E-state index in [9.17, 15) is 19.2 Å². The molecule has 0 radical (unpaired) electrons. The van der Waals surface area contributed by atoms with Crippen LogP contribution in [0.15, 0.2) is 30.3 Å². The number of halogens is 1. The van der Waals surface area contributed by atoms with Gasteiger partial charge in [0.05, 0.1) is 24.8 Å². The minimum atomic E-state index is -1.64. The number of anilines is 1. The Morgan fingerprint density at radius 1 is 1.09 bits per heavy atom. The Hall–Kier alpha value is -3.01. The number of hydrogen-bond acceptors (Lipinski definition) is 8. The first-order chi connectivity index (χ1) is 16.4. The predicted octanol–water partition coefficient (Wildman–Crippen LogP) is 3.81. The molecule has 1 aromatic rings. The smallest absolute Gasteiger partial charge is 0.429 e. The summed E-state index contributed by atoms with van der Waals surface area (Å²) < 4.78 is 22.3. The van der Waals surface area contributed by atoms with Crippen molar-refractivity contribution >= 4 is 41.6 Å². The number of ether oxygens (including phenoxy) is 4. The van der Waals surface area contributed by atoms with Gasteiger partial charge in [-0.3, -0.25) is 4.79 Å². The van der Waals surface area contributed by atoms with Gasteiger partial charge in [0.25, 0.3) is 0 Å². The number of hydrogen-bond donors (Lipinski definition) is 1. The molecular formula is C24H31ClN2O8. The van der Waals surface area contributed by atoms with E-state index in [-0.39, 0.29) is 19.6 Å². The van der Waals surface area contributed by atoms with Gasteiger partial charge in [-0.05, 0) is 46.8 Å². The van der Waals surface area contributed by atoms with Gasteiger partial charge in [-0.15, -0.1) is 0 Å². The fourth-order valence-electron chi connectivity index (χ4n) is 4.67. The number of carbonyl (C=O) groups is 4. The van der Waals surface area contributed by atoms with E-state index >= 15 is 0 Å². The van der Waals surface area contributed by atoms with Gasteiger partial charge in [0.15, 0.2) is 0 Å². The fraction of sp³-hybridized carbons (Fsp3) is 0.583. The maximum atomic E-state index is 13.2. The topological polar surface area (TPSA) is 120 Å². The molecule has 0 aliphatic heterocycles. The summed E-state index contributed by atoms with van der Waals surface area (Å²) in [4.78, 5) is 51.4. The molecule has 2 aliphatic carbocycles. The molecule has 192 valence electrons. The van der Waals surface area contributed by atoms with Crippen LogP contribution in [0.5, 0.6) is 0 Å². The van der Waals surface area contributed by atoms with Crippen molar-refractivity contribution in [3.8, 4) is 0 Å². The summed E-state index contributed by atoms with van der Waals surface area (Å²) in [6, 6.07) is 8.43. The summed E-state index contributed by atoms with van der Waals surface area (Å²) in [5, 5.41) is 2.63. The Balaban J connectivity index is 1.90. The van der Waals surface area contributed by atoms with Crippen LogP contribution in [0.3, 0.4) is 0 Å². The Morgan fingerprint density at radius 3 is 2.29 bits per heavy atom. The van der Waals surface area contributed by atoms with Crippen LogP contribution in [-0.4, -0.2) is 54.6 Å². The third kappa shape index (κ3) is 5.63. The second-order valence-electron chi connectivity index (χ2n) is 9.44. The Labute approximate surface area is 209 Å². The van der Waals surface area contributed by atoms with Gasteiger partial charge >= 0.3 is 24.1 Å². The van der Waals surface area contributed by atoms with E-state index in [4.69, 9.17) is 30.7 Å². The molecule has 2 saturated carbocycles. The second-order valence-corrected chi connectivity index (χ2v) is 9.78. The van der Waals surface area contributed by atoms with Crippen molar-refractivity contribution in [3.05, 3.63) is 30.3 Å². The number of rotatable bonds is 7. The van der Waals surface area contributed by atoms with Crippen molar-refractivity contribution in [2.45, 2.75) is 58.3 Å². The van der Waals surface area contributed by atoms with Crippen molar-refractivity contribution in [1.82, 2.24) is 5.32 Å². The molecule has 0 aromatic heterocycles. The van der Waals surface area contributed by atoms with Gasteiger partial charge in [0.2, 0.25) is 0 Å². The molecule has 2 fully saturated rings. The lowest BCUT2D eigenvalue weighted by atomic mass is 9.89. The summed E-state index contributed by atoms with van der Waals surface area (Å²) in [7, 11) is 0. The highest BCUT2D eigenvalue weighted by molar-refractivity contribution is 6.35. The number of alkyl carbamates (subject to hydrolysis) is 1. The average molecular weight is 511 g/mol. The molecule has 0 bridgehead atoms. The molecule has 10 nitrogen and oxygen atoms in total. The van der Waals surface area contributed by atoms with E-state index < -0.39 is 59.1 Å². The first-order valence-electron chi connectivity index (χ1n) is 11.5. The Morgan fingerprint density at radius 2 is 1.71 bits per heavy atom. The molecule has 5 atom stereocenters. The Kier molecular flexibility index (Phi) is 7.83. The van der Waals surface area contributed by atoms with E-state index in [0.29, 0.717) is 5.69 Å². The van der Waals surface area contributed by atoms with Gasteiger partial charge in [-0.2, -0.15) is 4.42 Å². The molecule has 0 spiro atoms. The molecule has 11 heteroatoms. The molecule has 0 heterocycles. The van der Waals surface area contributed by atoms with E-state index in [1.54, 1.807) is 65.0 Å². The maximum absolute atomic E-state index is 13.2. The zero-order valence-electron chi connectivity index (χ0n) is 20.4. The lowest BCUT2D eigenvalue weighted by molar-refractivity contribution is -0.154. The quantitative estimate of drug-likeness (QED) is 0.334. The molecular weight excluding hydrogens is 480 g/mol. The van der Waals surface area contributed by atoms with Crippen LogP contribution in [0.2, 0.25) is 0 Å². The summed E-state index contributed by atoms with van der Waals surface area (Å²) in [5.74, 6) is -3.34. The number of benzene rings is 1. The SMILES string of the molecule is CCOC(=O)[C@H]1C2C(OC(=O)N(Cl)c3ccccc3)CC(NC(=O)OC(C)(C)C)(C(=O)OCC)C21. The van der Waals surface area contributed by atoms with Crippen LogP contribution in [0, 0.1) is 17.8 Å². The number of esters is 2. The first kappa shape index (κ1) is 26.6. The lowest BCUT2D eigenvalue weighted by Crippen LogP contribution is -2.58. The summed E-state index contributed by atoms with van der Waals surface area (Å²) in [6.07, 6.45) is -2.75. The summed E-state index contributed by atoms with van der Waals surface area (Å²) >= 11 is 6.17. The monoisotopic (exact) mass is 510 g/mol. The van der Waals surface area contributed by atoms with Crippen molar-refractivity contribution < 1.29 is 38.1 Å². The van der Waals surface area contributed by atoms with Crippen molar-refractivity contribution in [2.75, 3.05) is 17.6 Å². The highest BCUT2D eigenvalue weighted by Gasteiger charge is 2.77. The molecule has 35 heavy (non-hydrogen) atoms. The number of carbonyl (C=O) groups excluding carboxylic acids is 4. The zero-order valence-corrected chi connectivity index (χ0v) is 21.2. The minimum absolute atomic E-state index is 0.0476. The highest BCUT2D eigenvalue weighted by Crippen LogP contribution is 2.64. The Bertz CT molecular complexity index is 966. The van der Waals surface area contributed by atoms with Crippen molar-refractivity contribution in [2.24, 2.45) is 17.8 Å². The number of para-hydroxylation sites is 1. The van der Waals surface area contributed by atoms with Crippen LogP contribution in [0.1, 0.15) is 41.0 Å². The number of fused-ring (bicyclic) bond motifs is 1. The molecule has 4 unspecified atom stereocenters. The van der Waals surface area contributed by atoms with Crippen LogP contribution in [0.4, 0.5) is 15.3 Å². The van der Waals surface area contributed by atoms with Crippen LogP contribution in [0.25, 0.3) is 0 Å². The summed E-state index contributed by atoms with van der Waals surface area (Å²) in [5.41, 5.74) is -2.09. The number of nitrogens with zero attached hydrogens (tertiary/aromatic N) is 1. The van der Waals surface area contributed by atoms with Crippen LogP contribution < -0.4 is 9.74 Å². The maximum Gasteiger partial charge on any atom is 0.429 e. The second kappa shape index (κ2) is 10.3. The highest BCUT2D eigenvalue weighted by atomic mass is 35.5. The van der Waals surface area contributed by atoms with Gasteiger partial charge in [-0.1, -0.05) is 18.2 Å². The van der Waals surface area contributed by atoms with E-state index in [2.05, 4.69) is 5.32 Å². The molecule has 0 saturated heterocycles. The predicted molar refractivity (Wildman–Crippen MR) is 125 cm³/mol. The zero-order chi connectivity index (χ0) is 26.0. The third-order valence-corrected chi connectivity index (χ3v) is 6.25. The molecule has 1 N–H and O–H groups in total. The fourth-order valence-corrected chi connectivity index (χ4v) is 4.83. The summed E-state index contributed by atoms with van der Waals surface area (Å²) in [6.45, 7) is 8.52. The van der Waals surface area contributed by atoms with Gasteiger partial charge in [0.1, 0.15) is 17.2 Å². The van der Waals surface area contributed by atoms with Crippen LogP contribution >= 0.6 is 11.8 Å². The number of nitrogens with one attached hydrogen (secondary N) is 1. The molecule has 1 aromatic carbocycles. The van der Waals surface area contributed by atoms with Gasteiger partial charge in [-0.25, -0.2) is 14.4 Å². The lowest BCUT2D eigenvalue weighted by Gasteiger charge is -2.33. The largest absolute Gasteiger partial charge is 0.466 e. The molecule has 3 rings (SSSR count). The van der Waals surface area contributed by atoms with Gasteiger partial charge in [0, 0.05) is 30.0 Å². The first-order valence-corrected chi connectivity index (χ1v) is 11.9. The van der Waals surface area contributed by atoms with Crippen molar-refractivity contribution in [3.63, 3.8) is 0 Å².